The van der Waals surface area contributed by atoms with Crippen molar-refractivity contribution < 1.29 is 30.6 Å². The molecule has 0 aliphatic carbocycles. The Bertz CT molecular complexity index is 198. The van der Waals surface area contributed by atoms with Gasteiger partial charge in [0.25, 0.3) is 0 Å². The van der Waals surface area contributed by atoms with Gasteiger partial charge in [-0.2, -0.15) is 17.7 Å². The van der Waals surface area contributed by atoms with Gasteiger partial charge in [0.05, 0.1) is 7.11 Å². The molecule has 0 N–H and O–H groups in total. The first-order chi connectivity index (χ1) is 4.33. The third-order valence-corrected chi connectivity index (χ3v) is 1.15. The van der Waals surface area contributed by atoms with Gasteiger partial charge in [0.2, 0.25) is 0 Å². The van der Waals surface area contributed by atoms with E-state index in [2.05, 4.69) is 6.07 Å². The summed E-state index contributed by atoms with van der Waals surface area (Å²) in [7, 11) is 1.66. The molecule has 0 fully saturated rings. The van der Waals surface area contributed by atoms with Crippen LogP contribution in [0.2, 0.25) is 0 Å². The van der Waals surface area contributed by atoms with Crippen molar-refractivity contribution in [2.45, 2.75) is 6.92 Å². The van der Waals surface area contributed by atoms with E-state index in [9.17, 15) is 0 Å². The molecule has 0 amide bonds. The smallest absolute Gasteiger partial charge is 0.0743 e. The Labute approximate surface area is 80.2 Å². The van der Waals surface area contributed by atoms with Gasteiger partial charge in [-0.25, -0.2) is 0 Å². The molecule has 51 valence electrons. The summed E-state index contributed by atoms with van der Waals surface area (Å²) in [5, 5.41) is 0. The van der Waals surface area contributed by atoms with Crippen LogP contribution in [-0.4, -0.2) is 7.11 Å². The van der Waals surface area contributed by atoms with E-state index < -0.39 is 0 Å². The van der Waals surface area contributed by atoms with Crippen molar-refractivity contribution >= 4 is 0 Å². The molecule has 0 aromatic heterocycles. The first-order valence-corrected chi connectivity index (χ1v) is 2.85. The standard InChI is InChI=1S/C8H9O.Sc/c1-7-4-3-5-8(6-7)9-2;/h3,5-6H,1-2H3;/q-1;. The third-order valence-electron chi connectivity index (χ3n) is 1.15. The minimum absolute atomic E-state index is 0. The molecule has 1 aromatic carbocycles. The average molecular weight is 166 g/mol. The number of benzene rings is 1. The van der Waals surface area contributed by atoms with E-state index in [0.717, 1.165) is 11.3 Å². The first kappa shape index (κ1) is 9.89. The Hall–Kier alpha value is -0.110. The van der Waals surface area contributed by atoms with Crippen molar-refractivity contribution in [3.63, 3.8) is 0 Å². The fraction of sp³-hybridized carbons (Fsp3) is 0.250. The Kier molecular flexibility index (Phi) is 4.62. The van der Waals surface area contributed by atoms with E-state index in [0.29, 0.717) is 0 Å². The van der Waals surface area contributed by atoms with Gasteiger partial charge in [0, 0.05) is 31.6 Å². The van der Waals surface area contributed by atoms with E-state index in [4.69, 9.17) is 4.74 Å². The van der Waals surface area contributed by atoms with E-state index in [-0.39, 0.29) is 25.8 Å². The second-order valence-corrected chi connectivity index (χ2v) is 1.91. The van der Waals surface area contributed by atoms with Crippen LogP contribution in [0.5, 0.6) is 5.75 Å². The summed E-state index contributed by atoms with van der Waals surface area (Å²) in [6.07, 6.45) is 0. The molecule has 0 aliphatic heterocycles. The minimum Gasteiger partial charge on any atom is -0.522 e. The van der Waals surface area contributed by atoms with Crippen LogP contribution in [0.1, 0.15) is 5.56 Å². The second-order valence-electron chi connectivity index (χ2n) is 1.91. The van der Waals surface area contributed by atoms with Crippen LogP contribution >= 0.6 is 0 Å². The monoisotopic (exact) mass is 166 g/mol. The molecular weight excluding hydrogens is 157 g/mol. The number of rotatable bonds is 1. The Balaban J connectivity index is 0.000000810. The normalized spacial score (nSPS) is 8.20. The summed E-state index contributed by atoms with van der Waals surface area (Å²) in [6.45, 7) is 1.99. The first-order valence-electron chi connectivity index (χ1n) is 2.85. The van der Waals surface area contributed by atoms with Gasteiger partial charge < -0.3 is 4.74 Å². The van der Waals surface area contributed by atoms with Crippen molar-refractivity contribution in [3.05, 3.63) is 29.8 Å². The fourth-order valence-corrected chi connectivity index (χ4v) is 0.685. The molecular formula is C8H9OSc-. The van der Waals surface area contributed by atoms with Crippen LogP contribution in [0.15, 0.2) is 18.2 Å². The van der Waals surface area contributed by atoms with Gasteiger partial charge in [-0.1, -0.05) is 6.92 Å². The molecule has 0 heterocycles. The van der Waals surface area contributed by atoms with E-state index in [1.165, 1.54) is 0 Å². The summed E-state index contributed by atoms with van der Waals surface area (Å²) < 4.78 is 4.97. The molecule has 0 bridgehead atoms. The largest absolute Gasteiger partial charge is 0.522 e. The van der Waals surface area contributed by atoms with E-state index in [1.807, 2.05) is 25.1 Å². The maximum absolute atomic E-state index is 4.97. The maximum Gasteiger partial charge on any atom is 0.0743 e. The molecule has 1 aromatic rings. The van der Waals surface area contributed by atoms with Crippen LogP contribution in [0.4, 0.5) is 0 Å². The van der Waals surface area contributed by atoms with E-state index in [1.54, 1.807) is 7.11 Å². The zero-order chi connectivity index (χ0) is 6.69. The van der Waals surface area contributed by atoms with Gasteiger partial charge in [0.1, 0.15) is 0 Å². The van der Waals surface area contributed by atoms with Gasteiger partial charge >= 0.3 is 0 Å². The number of ether oxygens (including phenoxy) is 1. The van der Waals surface area contributed by atoms with Crippen LogP contribution in [0.25, 0.3) is 0 Å². The number of aryl methyl sites for hydroxylation is 1. The molecule has 0 aliphatic rings. The van der Waals surface area contributed by atoms with Crippen LogP contribution in [0.3, 0.4) is 0 Å². The molecule has 0 atom stereocenters. The molecule has 1 radical (unpaired) electrons. The maximum atomic E-state index is 4.97. The molecule has 0 spiro atoms. The second kappa shape index (κ2) is 4.67. The quantitative estimate of drug-likeness (QED) is 0.578. The van der Waals surface area contributed by atoms with Crippen molar-refractivity contribution in [1.82, 2.24) is 0 Å². The minimum atomic E-state index is 0. The molecule has 1 nitrogen and oxygen atoms in total. The van der Waals surface area contributed by atoms with Crippen molar-refractivity contribution in [1.29, 1.82) is 0 Å². The summed E-state index contributed by atoms with van der Waals surface area (Å²) in [5.74, 6) is 0.895. The van der Waals surface area contributed by atoms with Gasteiger partial charge in [-0.3, -0.25) is 0 Å². The van der Waals surface area contributed by atoms with Crippen molar-refractivity contribution in [3.8, 4) is 5.75 Å². The summed E-state index contributed by atoms with van der Waals surface area (Å²) in [4.78, 5) is 0. The van der Waals surface area contributed by atoms with Gasteiger partial charge in [-0.05, 0) is 0 Å². The Morgan fingerprint density at radius 1 is 1.50 bits per heavy atom. The average Bonchev–Trinajstić information content (AvgIpc) is 1.88. The molecule has 0 saturated heterocycles. The Morgan fingerprint density at radius 3 is 2.60 bits per heavy atom. The van der Waals surface area contributed by atoms with Crippen LogP contribution in [0, 0.1) is 13.0 Å². The van der Waals surface area contributed by atoms with Gasteiger partial charge in [-0.15, -0.1) is 12.1 Å². The van der Waals surface area contributed by atoms with Gasteiger partial charge in [0.15, 0.2) is 0 Å². The molecule has 2 heteroatoms. The predicted octanol–water partition coefficient (Wildman–Crippen LogP) is 1.80. The molecule has 0 saturated carbocycles. The van der Waals surface area contributed by atoms with E-state index >= 15 is 0 Å². The summed E-state index contributed by atoms with van der Waals surface area (Å²) in [5.41, 5.74) is 1.11. The number of methoxy groups -OCH3 is 1. The zero-order valence-electron chi connectivity index (χ0n) is 6.22. The number of hydrogen-bond acceptors (Lipinski definition) is 1. The molecule has 10 heavy (non-hydrogen) atoms. The summed E-state index contributed by atoms with van der Waals surface area (Å²) >= 11 is 0. The van der Waals surface area contributed by atoms with Crippen molar-refractivity contribution in [2.24, 2.45) is 0 Å². The zero-order valence-corrected chi connectivity index (χ0v) is 8.02. The number of hydrogen-bond donors (Lipinski definition) is 0. The molecule has 1 rings (SSSR count). The SMILES string of the molecule is COc1cc[c-]c(C)c1.[Sc]. The Morgan fingerprint density at radius 2 is 2.20 bits per heavy atom. The molecule has 0 unspecified atom stereocenters. The predicted molar refractivity (Wildman–Crippen MR) is 36.6 cm³/mol. The van der Waals surface area contributed by atoms with Crippen LogP contribution in [-0.2, 0) is 25.8 Å². The fourth-order valence-electron chi connectivity index (χ4n) is 0.685. The van der Waals surface area contributed by atoms with Crippen LogP contribution < -0.4 is 4.74 Å². The van der Waals surface area contributed by atoms with Crippen molar-refractivity contribution in [2.75, 3.05) is 7.11 Å². The summed E-state index contributed by atoms with van der Waals surface area (Å²) in [6, 6.07) is 8.71. The third kappa shape index (κ3) is 2.65. The topological polar surface area (TPSA) is 9.23 Å².